The van der Waals surface area contributed by atoms with Crippen molar-refractivity contribution in [1.29, 1.82) is 0 Å². The van der Waals surface area contributed by atoms with Gasteiger partial charge in [0.05, 0.1) is 12.5 Å². The summed E-state index contributed by atoms with van der Waals surface area (Å²) in [5.74, 6) is -0.675. The van der Waals surface area contributed by atoms with E-state index in [1.165, 1.54) is 6.20 Å². The summed E-state index contributed by atoms with van der Waals surface area (Å²) in [6.07, 6.45) is 0.719. The van der Waals surface area contributed by atoms with Gasteiger partial charge in [-0.2, -0.15) is 18.3 Å². The first kappa shape index (κ1) is 16.5. The largest absolute Gasteiger partial charge is 0.406 e. The minimum absolute atomic E-state index is 0.172. The number of aromatic amines is 1. The van der Waals surface area contributed by atoms with E-state index in [0.717, 1.165) is 28.8 Å². The van der Waals surface area contributed by atoms with Crippen LogP contribution in [0.5, 0.6) is 0 Å². The molecule has 0 atom stereocenters. The molecule has 0 unspecified atom stereocenters. The van der Waals surface area contributed by atoms with Crippen LogP contribution in [0.2, 0.25) is 0 Å². The fraction of sp³-hybridized carbons (Fsp3) is 0.571. The molecule has 1 fully saturated rings. The van der Waals surface area contributed by atoms with E-state index in [1.54, 1.807) is 0 Å². The van der Waals surface area contributed by atoms with Gasteiger partial charge in [0.25, 0.3) is 5.56 Å². The third-order valence-electron chi connectivity index (χ3n) is 4.16. The van der Waals surface area contributed by atoms with Crippen LogP contribution < -0.4 is 5.56 Å². The number of nitrogens with zero attached hydrogens (tertiary/aromatic N) is 4. The number of halogens is 3. The molecule has 1 aliphatic carbocycles. The predicted octanol–water partition coefficient (Wildman–Crippen LogP) is 1.45. The van der Waals surface area contributed by atoms with Gasteiger partial charge >= 0.3 is 6.18 Å². The van der Waals surface area contributed by atoms with E-state index >= 15 is 0 Å². The smallest absolute Gasteiger partial charge is 0.329 e. The molecule has 130 valence electrons. The monoisotopic (exact) mass is 343 g/mol. The summed E-state index contributed by atoms with van der Waals surface area (Å²) in [7, 11) is 0. The Morgan fingerprint density at radius 2 is 2.08 bits per heavy atom. The topological polar surface area (TPSA) is 83.9 Å². The van der Waals surface area contributed by atoms with Crippen molar-refractivity contribution in [3.05, 3.63) is 22.9 Å². The quantitative estimate of drug-likeness (QED) is 0.911. The van der Waals surface area contributed by atoms with Crippen LogP contribution in [0.15, 0.2) is 17.3 Å². The first-order valence-electron chi connectivity index (χ1n) is 7.60. The highest BCUT2D eigenvalue weighted by atomic mass is 19.4. The summed E-state index contributed by atoms with van der Waals surface area (Å²) >= 11 is 0. The van der Waals surface area contributed by atoms with E-state index in [-0.39, 0.29) is 17.6 Å². The van der Waals surface area contributed by atoms with Gasteiger partial charge in [-0.05, 0) is 12.8 Å². The lowest BCUT2D eigenvalue weighted by Crippen LogP contribution is -2.46. The second-order valence-corrected chi connectivity index (χ2v) is 5.85. The molecule has 0 spiro atoms. The normalized spacial score (nSPS) is 16.0. The molecule has 7 nitrogen and oxygen atoms in total. The third kappa shape index (κ3) is 3.41. The number of carbonyl (C=O) groups excluding carboxylic acids is 1. The van der Waals surface area contributed by atoms with Gasteiger partial charge in [-0.3, -0.25) is 9.59 Å². The molecule has 0 radical (unpaired) electrons. The molecule has 0 aromatic carbocycles. The number of hydrogen-bond acceptors (Lipinski definition) is 4. The zero-order valence-corrected chi connectivity index (χ0v) is 12.7. The number of fused-ring (bicyclic) bond motifs is 1. The van der Waals surface area contributed by atoms with Crippen molar-refractivity contribution < 1.29 is 18.0 Å². The molecule has 24 heavy (non-hydrogen) atoms. The first-order chi connectivity index (χ1) is 11.3. The first-order valence-corrected chi connectivity index (χ1v) is 7.60. The Balaban J connectivity index is 1.84. The maximum absolute atomic E-state index is 12.8. The molecule has 2 aromatic rings. The minimum atomic E-state index is -4.46. The summed E-state index contributed by atoms with van der Waals surface area (Å²) in [4.78, 5) is 31.3. The molecule has 1 N–H and O–H groups in total. The van der Waals surface area contributed by atoms with Crippen LogP contribution in [-0.4, -0.2) is 49.3 Å². The van der Waals surface area contributed by atoms with Gasteiger partial charge in [0, 0.05) is 6.04 Å². The van der Waals surface area contributed by atoms with Crippen molar-refractivity contribution in [2.45, 2.75) is 44.4 Å². The van der Waals surface area contributed by atoms with Crippen molar-refractivity contribution in [3.8, 4) is 0 Å². The van der Waals surface area contributed by atoms with Gasteiger partial charge in [0.1, 0.15) is 18.5 Å². The van der Waals surface area contributed by atoms with E-state index in [9.17, 15) is 22.8 Å². The molecule has 2 heterocycles. The average Bonchev–Trinajstić information content (AvgIpc) is 3.15. The highest BCUT2D eigenvalue weighted by molar-refractivity contribution is 5.79. The van der Waals surface area contributed by atoms with Crippen molar-refractivity contribution in [1.82, 2.24) is 24.6 Å². The van der Waals surface area contributed by atoms with Crippen LogP contribution in [-0.2, 0) is 11.3 Å². The lowest BCUT2D eigenvalue weighted by Gasteiger charge is -2.29. The Hall–Kier alpha value is -2.39. The molecule has 1 amide bonds. The third-order valence-corrected chi connectivity index (χ3v) is 4.16. The van der Waals surface area contributed by atoms with Gasteiger partial charge in [-0.25, -0.2) is 9.67 Å². The van der Waals surface area contributed by atoms with Gasteiger partial charge in [-0.1, -0.05) is 12.8 Å². The number of nitrogens with one attached hydrogen (secondary N) is 1. The Morgan fingerprint density at radius 3 is 2.75 bits per heavy atom. The number of alkyl halides is 3. The molecule has 3 rings (SSSR count). The molecular weight excluding hydrogens is 327 g/mol. The summed E-state index contributed by atoms with van der Waals surface area (Å²) in [5, 5.41) is 4.10. The number of carbonyl (C=O) groups is 1. The Morgan fingerprint density at radius 1 is 1.38 bits per heavy atom. The van der Waals surface area contributed by atoms with Crippen LogP contribution >= 0.6 is 0 Å². The second kappa shape index (κ2) is 6.25. The number of rotatable bonds is 4. The SMILES string of the molecule is O=C(Cn1ncc2c(=O)[nH]cnc21)N(CC(F)(F)F)C1CCCC1. The fourth-order valence-electron chi connectivity index (χ4n) is 3.07. The molecule has 0 saturated heterocycles. The minimum Gasteiger partial charge on any atom is -0.329 e. The zero-order valence-electron chi connectivity index (χ0n) is 12.7. The van der Waals surface area contributed by atoms with E-state index in [4.69, 9.17) is 0 Å². The molecule has 0 bridgehead atoms. The predicted molar refractivity (Wildman–Crippen MR) is 78.2 cm³/mol. The number of aromatic nitrogens is 4. The fourth-order valence-corrected chi connectivity index (χ4v) is 3.07. The highest BCUT2D eigenvalue weighted by Gasteiger charge is 2.37. The van der Waals surface area contributed by atoms with Gasteiger partial charge in [0.2, 0.25) is 5.91 Å². The van der Waals surface area contributed by atoms with Crippen LogP contribution in [0.25, 0.3) is 11.0 Å². The van der Waals surface area contributed by atoms with E-state index in [2.05, 4.69) is 15.1 Å². The van der Waals surface area contributed by atoms with Gasteiger partial charge in [-0.15, -0.1) is 0 Å². The summed E-state index contributed by atoms with van der Waals surface area (Å²) < 4.78 is 39.6. The lowest BCUT2D eigenvalue weighted by atomic mass is 10.2. The number of amides is 1. The molecule has 1 saturated carbocycles. The standard InChI is InChI=1S/C14H16F3N5O2/c15-14(16,17)7-21(9-3-1-2-4-9)11(23)6-22-12-10(5-20-22)13(24)19-8-18-12/h5,8-9H,1-4,6-7H2,(H,18,19,24). The summed E-state index contributed by atoms with van der Waals surface area (Å²) in [6, 6.07) is -0.405. The Kier molecular flexibility index (Phi) is 4.29. The van der Waals surface area contributed by atoms with Crippen LogP contribution in [0.4, 0.5) is 13.2 Å². The zero-order chi connectivity index (χ0) is 17.3. The highest BCUT2D eigenvalue weighted by Crippen LogP contribution is 2.27. The lowest BCUT2D eigenvalue weighted by molar-refractivity contribution is -0.166. The average molecular weight is 343 g/mol. The summed E-state index contributed by atoms with van der Waals surface area (Å²) in [6.45, 7) is -1.66. The van der Waals surface area contributed by atoms with E-state index in [1.807, 2.05) is 0 Å². The van der Waals surface area contributed by atoms with Crippen molar-refractivity contribution in [2.75, 3.05) is 6.54 Å². The Labute approximate surface area is 134 Å². The van der Waals surface area contributed by atoms with Crippen molar-refractivity contribution >= 4 is 16.9 Å². The summed E-state index contributed by atoms with van der Waals surface area (Å²) in [5.41, 5.74) is -0.243. The van der Waals surface area contributed by atoms with E-state index in [0.29, 0.717) is 12.8 Å². The number of H-pyrrole nitrogens is 1. The van der Waals surface area contributed by atoms with Crippen LogP contribution in [0.1, 0.15) is 25.7 Å². The van der Waals surface area contributed by atoms with Gasteiger partial charge < -0.3 is 9.88 Å². The molecule has 1 aliphatic rings. The van der Waals surface area contributed by atoms with Crippen molar-refractivity contribution in [2.24, 2.45) is 0 Å². The Bertz CT molecular complexity index is 792. The molecular formula is C14H16F3N5O2. The van der Waals surface area contributed by atoms with Crippen molar-refractivity contribution in [3.63, 3.8) is 0 Å². The van der Waals surface area contributed by atoms with Gasteiger partial charge in [0.15, 0.2) is 5.65 Å². The maximum Gasteiger partial charge on any atom is 0.406 e. The van der Waals surface area contributed by atoms with Crippen LogP contribution in [0, 0.1) is 0 Å². The molecule has 0 aliphatic heterocycles. The maximum atomic E-state index is 12.8. The number of hydrogen-bond donors (Lipinski definition) is 1. The molecule has 2 aromatic heterocycles. The van der Waals surface area contributed by atoms with Crippen LogP contribution in [0.3, 0.4) is 0 Å². The molecule has 10 heteroatoms. The second-order valence-electron chi connectivity index (χ2n) is 5.85. The van der Waals surface area contributed by atoms with E-state index < -0.39 is 30.2 Å².